The van der Waals surface area contributed by atoms with Crippen LogP contribution in [0.5, 0.6) is 0 Å². The zero-order chi connectivity index (χ0) is 14.7. The van der Waals surface area contributed by atoms with Crippen LogP contribution >= 0.6 is 0 Å². The van der Waals surface area contributed by atoms with E-state index in [4.69, 9.17) is 5.11 Å². The van der Waals surface area contributed by atoms with Crippen LogP contribution in [0.25, 0.3) is 11.0 Å². The van der Waals surface area contributed by atoms with Crippen LogP contribution in [0.1, 0.15) is 30.6 Å². The summed E-state index contributed by atoms with van der Waals surface area (Å²) >= 11 is 0. The van der Waals surface area contributed by atoms with Crippen LogP contribution in [0.15, 0.2) is 24.5 Å². The molecule has 0 fully saturated rings. The Morgan fingerprint density at radius 3 is 2.80 bits per heavy atom. The Morgan fingerprint density at radius 1 is 1.40 bits per heavy atom. The van der Waals surface area contributed by atoms with Gasteiger partial charge in [-0.3, -0.25) is 9.59 Å². The fourth-order valence-electron chi connectivity index (χ4n) is 2.04. The number of nitrogens with zero attached hydrogens (tertiary/aromatic N) is 2. The molecule has 0 saturated carbocycles. The molecule has 106 valence electrons. The molecular weight excluding hydrogens is 258 g/mol. The lowest BCUT2D eigenvalue weighted by Gasteiger charge is -2.26. The lowest BCUT2D eigenvalue weighted by molar-refractivity contribution is -0.137. The van der Waals surface area contributed by atoms with Gasteiger partial charge in [0.15, 0.2) is 0 Å². The van der Waals surface area contributed by atoms with Crippen molar-refractivity contribution >= 4 is 22.9 Å². The zero-order valence-corrected chi connectivity index (χ0v) is 11.5. The van der Waals surface area contributed by atoms with E-state index in [2.05, 4.69) is 9.97 Å². The lowest BCUT2D eigenvalue weighted by Crippen LogP contribution is -2.38. The average Bonchev–Trinajstić information content (AvgIpc) is 2.84. The van der Waals surface area contributed by atoms with Crippen molar-refractivity contribution in [3.8, 4) is 0 Å². The van der Waals surface area contributed by atoms with Gasteiger partial charge in [0.1, 0.15) is 0 Å². The minimum atomic E-state index is -0.910. The number of carboxylic acids is 1. The molecule has 0 aliphatic heterocycles. The molecule has 1 amide bonds. The highest BCUT2D eigenvalue weighted by atomic mass is 16.4. The van der Waals surface area contributed by atoms with E-state index in [0.717, 1.165) is 11.0 Å². The number of H-pyrrole nitrogens is 1. The fourth-order valence-corrected chi connectivity index (χ4v) is 2.04. The van der Waals surface area contributed by atoms with Gasteiger partial charge in [-0.05, 0) is 32.0 Å². The molecule has 2 rings (SSSR count). The highest BCUT2D eigenvalue weighted by Crippen LogP contribution is 2.15. The number of amides is 1. The van der Waals surface area contributed by atoms with Crippen LogP contribution in [-0.4, -0.2) is 44.4 Å². The summed E-state index contributed by atoms with van der Waals surface area (Å²) in [5.41, 5.74) is 2.11. The Morgan fingerprint density at radius 2 is 2.15 bits per heavy atom. The number of aromatic nitrogens is 2. The molecule has 2 N–H and O–H groups in total. The molecule has 0 unspecified atom stereocenters. The predicted octanol–water partition coefficient (Wildman–Crippen LogP) is 1.89. The highest BCUT2D eigenvalue weighted by molar-refractivity contribution is 5.97. The summed E-state index contributed by atoms with van der Waals surface area (Å²) in [6.45, 7) is 3.94. The number of aromatic amines is 1. The van der Waals surface area contributed by atoms with E-state index in [1.807, 2.05) is 13.8 Å². The molecule has 20 heavy (non-hydrogen) atoms. The first kappa shape index (κ1) is 14.0. The first-order valence-corrected chi connectivity index (χ1v) is 6.45. The number of imidazole rings is 1. The van der Waals surface area contributed by atoms with E-state index >= 15 is 0 Å². The first-order chi connectivity index (χ1) is 9.49. The van der Waals surface area contributed by atoms with Crippen molar-refractivity contribution in [2.45, 2.75) is 26.3 Å². The highest BCUT2D eigenvalue weighted by Gasteiger charge is 2.20. The van der Waals surface area contributed by atoms with E-state index in [1.54, 1.807) is 29.4 Å². The van der Waals surface area contributed by atoms with E-state index < -0.39 is 5.97 Å². The smallest absolute Gasteiger partial charge is 0.305 e. The predicted molar refractivity (Wildman–Crippen MR) is 74.5 cm³/mol. The number of aliphatic carboxylic acids is 1. The second kappa shape index (κ2) is 5.73. The zero-order valence-electron chi connectivity index (χ0n) is 11.5. The Balaban J connectivity index is 2.23. The normalized spacial score (nSPS) is 10.9. The molecule has 0 spiro atoms. The minimum absolute atomic E-state index is 0.0562. The second-order valence-electron chi connectivity index (χ2n) is 4.87. The quantitative estimate of drug-likeness (QED) is 0.872. The van der Waals surface area contributed by atoms with Gasteiger partial charge in [0.05, 0.1) is 23.8 Å². The molecule has 0 saturated heterocycles. The van der Waals surface area contributed by atoms with Crippen LogP contribution in [0.2, 0.25) is 0 Å². The topological polar surface area (TPSA) is 86.3 Å². The molecule has 1 aromatic heterocycles. The number of carbonyl (C=O) groups excluding carboxylic acids is 1. The number of carbonyl (C=O) groups is 2. The van der Waals surface area contributed by atoms with Crippen molar-refractivity contribution in [2.75, 3.05) is 6.54 Å². The Bertz CT molecular complexity index is 633. The molecule has 1 heterocycles. The Labute approximate surface area is 116 Å². The fraction of sp³-hybridized carbons (Fsp3) is 0.357. The number of fused-ring (bicyclic) bond motifs is 1. The van der Waals surface area contributed by atoms with Gasteiger partial charge in [-0.15, -0.1) is 0 Å². The minimum Gasteiger partial charge on any atom is -0.481 e. The van der Waals surface area contributed by atoms with Crippen molar-refractivity contribution in [3.63, 3.8) is 0 Å². The monoisotopic (exact) mass is 275 g/mol. The van der Waals surface area contributed by atoms with Gasteiger partial charge in [0, 0.05) is 18.2 Å². The SMILES string of the molecule is CC(C)N(CCC(=O)O)C(=O)c1ccc2nc[nH]c2c1. The number of nitrogens with one attached hydrogen (secondary N) is 1. The summed E-state index contributed by atoms with van der Waals surface area (Å²) in [4.78, 5) is 31.8. The molecule has 0 aliphatic rings. The maximum absolute atomic E-state index is 12.5. The largest absolute Gasteiger partial charge is 0.481 e. The summed E-state index contributed by atoms with van der Waals surface area (Å²) in [6, 6.07) is 5.16. The molecule has 0 atom stereocenters. The molecule has 0 radical (unpaired) electrons. The Kier molecular flexibility index (Phi) is 4.02. The van der Waals surface area contributed by atoms with Crippen LogP contribution in [0, 0.1) is 0 Å². The molecule has 6 heteroatoms. The number of hydrogen-bond acceptors (Lipinski definition) is 3. The number of hydrogen-bond donors (Lipinski definition) is 2. The van der Waals surface area contributed by atoms with E-state index in [9.17, 15) is 9.59 Å². The maximum Gasteiger partial charge on any atom is 0.305 e. The van der Waals surface area contributed by atoms with Gasteiger partial charge in [0.2, 0.25) is 0 Å². The van der Waals surface area contributed by atoms with E-state index in [-0.39, 0.29) is 24.9 Å². The van der Waals surface area contributed by atoms with Crippen LogP contribution in [0.4, 0.5) is 0 Å². The van der Waals surface area contributed by atoms with E-state index in [0.29, 0.717) is 5.56 Å². The Hall–Kier alpha value is -2.37. The van der Waals surface area contributed by atoms with Crippen LogP contribution in [-0.2, 0) is 4.79 Å². The van der Waals surface area contributed by atoms with Crippen molar-refractivity contribution in [2.24, 2.45) is 0 Å². The molecule has 0 bridgehead atoms. The molecule has 6 nitrogen and oxygen atoms in total. The standard InChI is InChI=1S/C14H17N3O3/c1-9(2)17(6-5-13(18)19)14(20)10-3-4-11-12(7-10)16-8-15-11/h3-4,7-9H,5-6H2,1-2H3,(H,15,16)(H,18,19). The van der Waals surface area contributed by atoms with Gasteiger partial charge in [0.25, 0.3) is 5.91 Å². The first-order valence-electron chi connectivity index (χ1n) is 6.45. The van der Waals surface area contributed by atoms with Crippen molar-refractivity contribution in [1.82, 2.24) is 14.9 Å². The van der Waals surface area contributed by atoms with Gasteiger partial charge in [-0.2, -0.15) is 0 Å². The lowest BCUT2D eigenvalue weighted by atomic mass is 10.1. The average molecular weight is 275 g/mol. The van der Waals surface area contributed by atoms with Gasteiger partial charge in [-0.25, -0.2) is 4.98 Å². The molecular formula is C14H17N3O3. The number of rotatable bonds is 5. The molecule has 2 aromatic rings. The molecule has 1 aromatic carbocycles. The van der Waals surface area contributed by atoms with Crippen LogP contribution in [0.3, 0.4) is 0 Å². The number of carboxylic acid groups (broad SMARTS) is 1. The maximum atomic E-state index is 12.5. The third-order valence-electron chi connectivity index (χ3n) is 3.12. The third kappa shape index (κ3) is 2.96. The van der Waals surface area contributed by atoms with E-state index in [1.165, 1.54) is 0 Å². The van der Waals surface area contributed by atoms with Crippen molar-refractivity contribution < 1.29 is 14.7 Å². The summed E-state index contributed by atoms with van der Waals surface area (Å²) in [7, 11) is 0. The second-order valence-corrected chi connectivity index (χ2v) is 4.87. The van der Waals surface area contributed by atoms with Gasteiger partial charge in [-0.1, -0.05) is 0 Å². The van der Waals surface area contributed by atoms with Crippen LogP contribution < -0.4 is 0 Å². The summed E-state index contributed by atoms with van der Waals surface area (Å²) in [5.74, 6) is -1.08. The summed E-state index contributed by atoms with van der Waals surface area (Å²) in [5, 5.41) is 8.76. The summed E-state index contributed by atoms with van der Waals surface area (Å²) < 4.78 is 0. The number of benzene rings is 1. The van der Waals surface area contributed by atoms with Gasteiger partial charge < -0.3 is 15.0 Å². The van der Waals surface area contributed by atoms with Gasteiger partial charge >= 0.3 is 5.97 Å². The van der Waals surface area contributed by atoms with Crippen molar-refractivity contribution in [3.05, 3.63) is 30.1 Å². The molecule has 0 aliphatic carbocycles. The third-order valence-corrected chi connectivity index (χ3v) is 3.12. The summed E-state index contributed by atoms with van der Waals surface area (Å²) in [6.07, 6.45) is 1.51. The van der Waals surface area contributed by atoms with Crippen molar-refractivity contribution in [1.29, 1.82) is 0 Å².